The van der Waals surface area contributed by atoms with Crippen LogP contribution in [0.15, 0.2) is 78.0 Å². The van der Waals surface area contributed by atoms with E-state index in [0.717, 1.165) is 21.4 Å². The number of hydrogen-bond donors (Lipinski definition) is 3. The highest BCUT2D eigenvalue weighted by Gasteiger charge is 2.38. The van der Waals surface area contributed by atoms with E-state index in [1.807, 2.05) is 42.5 Å². The van der Waals surface area contributed by atoms with E-state index in [0.29, 0.717) is 16.5 Å². The molecule has 4 rings (SSSR count). The average Bonchev–Trinajstić information content (AvgIpc) is 2.93. The third-order valence-electron chi connectivity index (χ3n) is 6.57. The van der Waals surface area contributed by atoms with E-state index in [1.54, 1.807) is 24.3 Å². The number of pyridine rings is 1. The van der Waals surface area contributed by atoms with Gasteiger partial charge in [-0.25, -0.2) is 0 Å². The number of benzene rings is 2. The SMILES string of the molecule is C[C@H]1[C@@H](CSc2cccc[n+]2[O-])O[C@@H](c2ccc(NC(=O)CCCC(=O)O)cc2)O[C@H]1c1ccc(CO)cc1. The zero-order valence-corrected chi connectivity index (χ0v) is 22.4. The lowest BCUT2D eigenvalue weighted by Crippen LogP contribution is -2.39. The Bertz CT molecular complexity index is 1250. The van der Waals surface area contributed by atoms with E-state index in [2.05, 4.69) is 12.2 Å². The van der Waals surface area contributed by atoms with Crippen LogP contribution in [0.5, 0.6) is 0 Å². The average molecular weight is 553 g/mol. The van der Waals surface area contributed by atoms with Crippen LogP contribution in [0, 0.1) is 11.1 Å². The van der Waals surface area contributed by atoms with Crippen LogP contribution in [0.3, 0.4) is 0 Å². The summed E-state index contributed by atoms with van der Waals surface area (Å²) in [4.78, 5) is 22.8. The minimum absolute atomic E-state index is 0.0260. The molecule has 206 valence electrons. The van der Waals surface area contributed by atoms with Gasteiger partial charge in [0, 0.05) is 47.9 Å². The summed E-state index contributed by atoms with van der Waals surface area (Å²) in [7, 11) is 0. The number of aliphatic carboxylic acids is 1. The first-order valence-electron chi connectivity index (χ1n) is 12.8. The topological polar surface area (TPSA) is 132 Å². The van der Waals surface area contributed by atoms with E-state index >= 15 is 0 Å². The lowest BCUT2D eigenvalue weighted by atomic mass is 9.91. The summed E-state index contributed by atoms with van der Waals surface area (Å²) in [6.45, 7) is 2.02. The Morgan fingerprint density at radius 3 is 2.38 bits per heavy atom. The second-order valence-electron chi connectivity index (χ2n) is 9.42. The highest BCUT2D eigenvalue weighted by molar-refractivity contribution is 7.99. The fourth-order valence-corrected chi connectivity index (χ4v) is 5.43. The maximum Gasteiger partial charge on any atom is 0.303 e. The minimum Gasteiger partial charge on any atom is -0.618 e. The van der Waals surface area contributed by atoms with E-state index < -0.39 is 12.3 Å². The van der Waals surface area contributed by atoms with Gasteiger partial charge >= 0.3 is 5.97 Å². The number of hydrogen-bond acceptors (Lipinski definition) is 7. The summed E-state index contributed by atoms with van der Waals surface area (Å²) in [6, 6.07) is 20.1. The van der Waals surface area contributed by atoms with Crippen LogP contribution in [-0.4, -0.2) is 33.9 Å². The van der Waals surface area contributed by atoms with Gasteiger partial charge in [0.15, 0.2) is 12.5 Å². The van der Waals surface area contributed by atoms with Gasteiger partial charge < -0.3 is 30.2 Å². The largest absolute Gasteiger partial charge is 0.618 e. The summed E-state index contributed by atoms with van der Waals surface area (Å²) in [5.41, 5.74) is 3.14. The van der Waals surface area contributed by atoms with Crippen molar-refractivity contribution >= 4 is 29.3 Å². The van der Waals surface area contributed by atoms with Crippen molar-refractivity contribution in [3.63, 3.8) is 0 Å². The molecule has 39 heavy (non-hydrogen) atoms. The molecule has 2 aromatic carbocycles. The van der Waals surface area contributed by atoms with Gasteiger partial charge in [0.1, 0.15) is 0 Å². The fourth-order valence-electron chi connectivity index (χ4n) is 4.35. The van der Waals surface area contributed by atoms with Gasteiger partial charge in [0.2, 0.25) is 5.91 Å². The molecule has 0 unspecified atom stereocenters. The number of carboxylic acids is 1. The van der Waals surface area contributed by atoms with E-state index in [9.17, 15) is 19.9 Å². The summed E-state index contributed by atoms with van der Waals surface area (Å²) >= 11 is 1.43. The molecule has 0 aliphatic carbocycles. The van der Waals surface area contributed by atoms with Crippen molar-refractivity contribution in [1.29, 1.82) is 0 Å². The lowest BCUT2D eigenvalue weighted by molar-refractivity contribution is -0.645. The second-order valence-corrected chi connectivity index (χ2v) is 10.5. The molecule has 1 aliphatic heterocycles. The molecule has 1 aliphatic rings. The van der Waals surface area contributed by atoms with Crippen molar-refractivity contribution in [3.8, 4) is 0 Å². The molecule has 10 heteroatoms. The van der Waals surface area contributed by atoms with Crippen molar-refractivity contribution in [2.24, 2.45) is 5.92 Å². The van der Waals surface area contributed by atoms with E-state index in [-0.39, 0.29) is 49.9 Å². The Labute approximate surface area is 231 Å². The molecule has 1 aromatic heterocycles. The van der Waals surface area contributed by atoms with Crippen LogP contribution in [0.25, 0.3) is 0 Å². The standard InChI is InChI=1S/C29H32N2O7S/c1-19-24(18-39-26-6-2-3-16-31(26)36)37-29(38-28(19)21-10-8-20(17-32)9-11-21)22-12-14-23(15-13-22)30-25(33)5-4-7-27(34)35/h2-3,6,8-16,19,24,28-29,32H,4-5,7,17-18H2,1H3,(H,30,33)(H,34,35)/t19-,24+,28+,29+/m0/s1. The van der Waals surface area contributed by atoms with Gasteiger partial charge in [-0.05, 0) is 35.7 Å². The predicted molar refractivity (Wildman–Crippen MR) is 146 cm³/mol. The van der Waals surface area contributed by atoms with Crippen molar-refractivity contribution in [2.75, 3.05) is 11.1 Å². The summed E-state index contributed by atoms with van der Waals surface area (Å²) in [5.74, 6) is -0.655. The molecular formula is C29H32N2O7S. The Balaban J connectivity index is 1.49. The number of anilines is 1. The van der Waals surface area contributed by atoms with Crippen LogP contribution in [-0.2, 0) is 25.7 Å². The second kappa shape index (κ2) is 13.6. The van der Waals surface area contributed by atoms with Gasteiger partial charge in [0.05, 0.1) is 18.8 Å². The molecule has 0 saturated carbocycles. The Morgan fingerprint density at radius 2 is 1.72 bits per heavy atom. The van der Waals surface area contributed by atoms with E-state index in [1.165, 1.54) is 18.0 Å². The normalized spacial score (nSPS) is 20.9. The van der Waals surface area contributed by atoms with Crippen LogP contribution >= 0.6 is 11.8 Å². The first-order valence-corrected chi connectivity index (χ1v) is 13.8. The van der Waals surface area contributed by atoms with Crippen LogP contribution in [0.2, 0.25) is 0 Å². The Kier molecular flexibility index (Phi) is 9.94. The quantitative estimate of drug-likeness (QED) is 0.179. The zero-order valence-electron chi connectivity index (χ0n) is 21.6. The first-order chi connectivity index (χ1) is 18.8. The number of carboxylic acid groups (broad SMARTS) is 1. The number of carbonyl (C=O) groups excluding carboxylic acids is 1. The maximum absolute atomic E-state index is 12.2. The predicted octanol–water partition coefficient (Wildman–Crippen LogP) is 4.59. The number of thioether (sulfide) groups is 1. The third kappa shape index (κ3) is 7.79. The van der Waals surface area contributed by atoms with Gasteiger partial charge in [0.25, 0.3) is 5.03 Å². The summed E-state index contributed by atoms with van der Waals surface area (Å²) in [6.07, 6.45) is 0.625. The van der Waals surface area contributed by atoms with Crippen LogP contribution < -0.4 is 10.0 Å². The molecule has 0 spiro atoms. The first kappa shape index (κ1) is 28.6. The number of ether oxygens (including phenoxy) is 2. The number of carbonyl (C=O) groups is 2. The molecule has 1 amide bonds. The van der Waals surface area contributed by atoms with Gasteiger partial charge in [-0.3, -0.25) is 9.59 Å². The van der Waals surface area contributed by atoms with Gasteiger partial charge in [-0.1, -0.05) is 55.1 Å². The smallest absolute Gasteiger partial charge is 0.303 e. The van der Waals surface area contributed by atoms with Gasteiger partial charge in [-0.15, -0.1) is 0 Å². The van der Waals surface area contributed by atoms with Crippen molar-refractivity contribution in [2.45, 2.75) is 56.3 Å². The van der Waals surface area contributed by atoms with Crippen molar-refractivity contribution < 1.29 is 34.0 Å². The summed E-state index contributed by atoms with van der Waals surface area (Å²) < 4.78 is 13.7. The minimum atomic E-state index is -0.927. The molecule has 0 radical (unpaired) electrons. The molecule has 1 fully saturated rings. The van der Waals surface area contributed by atoms with Crippen molar-refractivity contribution in [3.05, 3.63) is 94.8 Å². The number of nitrogens with zero attached hydrogens (tertiary/aromatic N) is 1. The molecule has 3 N–H and O–H groups in total. The van der Waals surface area contributed by atoms with Gasteiger partial charge in [-0.2, -0.15) is 4.73 Å². The summed E-state index contributed by atoms with van der Waals surface area (Å²) in [5, 5.41) is 33.7. The monoisotopic (exact) mass is 552 g/mol. The highest BCUT2D eigenvalue weighted by atomic mass is 32.2. The van der Waals surface area contributed by atoms with Crippen LogP contribution in [0.4, 0.5) is 5.69 Å². The molecule has 0 bridgehead atoms. The van der Waals surface area contributed by atoms with Crippen LogP contribution in [0.1, 0.15) is 55.3 Å². The highest BCUT2D eigenvalue weighted by Crippen LogP contribution is 2.43. The van der Waals surface area contributed by atoms with E-state index in [4.69, 9.17) is 14.6 Å². The molecular weight excluding hydrogens is 520 g/mol. The molecule has 9 nitrogen and oxygen atoms in total. The maximum atomic E-state index is 12.2. The number of aliphatic hydroxyl groups is 1. The molecule has 4 atom stereocenters. The third-order valence-corrected chi connectivity index (χ3v) is 7.68. The number of aromatic nitrogens is 1. The zero-order chi connectivity index (χ0) is 27.8. The molecule has 2 heterocycles. The Morgan fingerprint density at radius 1 is 1.00 bits per heavy atom. The number of aliphatic hydroxyl groups excluding tert-OH is 1. The fraction of sp³-hybridized carbons (Fsp3) is 0.345. The number of rotatable bonds is 11. The molecule has 1 saturated heterocycles. The van der Waals surface area contributed by atoms with Crippen molar-refractivity contribution in [1.82, 2.24) is 0 Å². The molecule has 3 aromatic rings. The Hall–Kier alpha value is -3.44. The lowest BCUT2D eigenvalue weighted by Gasteiger charge is -2.41. The number of nitrogens with one attached hydrogen (secondary N) is 1. The number of amides is 1.